The third-order valence-electron chi connectivity index (χ3n) is 2.87. The second kappa shape index (κ2) is 5.78. The van der Waals surface area contributed by atoms with Crippen LogP contribution in [0.15, 0.2) is 22.7 Å². The van der Waals surface area contributed by atoms with Gasteiger partial charge >= 0.3 is 0 Å². The molecule has 1 aromatic carbocycles. The molecule has 1 aromatic rings. The van der Waals surface area contributed by atoms with Crippen molar-refractivity contribution < 1.29 is 0 Å². The summed E-state index contributed by atoms with van der Waals surface area (Å²) >= 11 is 9.19. The van der Waals surface area contributed by atoms with Crippen molar-refractivity contribution in [2.75, 3.05) is 23.0 Å². The highest BCUT2D eigenvalue weighted by molar-refractivity contribution is 9.10. The predicted molar refractivity (Wildman–Crippen MR) is 80.9 cm³/mol. The van der Waals surface area contributed by atoms with Crippen molar-refractivity contribution in [2.45, 2.75) is 18.3 Å². The molecular formula is C12H15Br2NS. The van der Waals surface area contributed by atoms with Crippen molar-refractivity contribution in [3.63, 3.8) is 0 Å². The Morgan fingerprint density at radius 1 is 1.50 bits per heavy atom. The molecule has 0 amide bonds. The minimum absolute atomic E-state index is 0.630. The molecule has 0 N–H and O–H groups in total. The fourth-order valence-corrected chi connectivity index (χ4v) is 3.84. The van der Waals surface area contributed by atoms with Crippen molar-refractivity contribution in [2.24, 2.45) is 0 Å². The molecule has 1 saturated heterocycles. The normalized spacial score (nSPS) is 21.2. The zero-order chi connectivity index (χ0) is 11.5. The molecule has 1 fully saturated rings. The molecule has 0 saturated carbocycles. The van der Waals surface area contributed by atoms with E-state index in [2.05, 4.69) is 73.6 Å². The third-order valence-corrected chi connectivity index (χ3v) is 5.16. The number of anilines is 1. The average molecular weight is 365 g/mol. The van der Waals surface area contributed by atoms with Crippen LogP contribution in [0.3, 0.4) is 0 Å². The van der Waals surface area contributed by atoms with Gasteiger partial charge in [0.1, 0.15) is 0 Å². The van der Waals surface area contributed by atoms with Gasteiger partial charge in [-0.1, -0.05) is 37.9 Å². The van der Waals surface area contributed by atoms with Crippen molar-refractivity contribution in [3.8, 4) is 0 Å². The van der Waals surface area contributed by atoms with Crippen molar-refractivity contribution in [1.29, 1.82) is 0 Å². The van der Waals surface area contributed by atoms with Gasteiger partial charge in [-0.25, -0.2) is 0 Å². The summed E-state index contributed by atoms with van der Waals surface area (Å²) in [7, 11) is 0. The van der Waals surface area contributed by atoms with Crippen LogP contribution < -0.4 is 4.90 Å². The zero-order valence-electron chi connectivity index (χ0n) is 9.25. The lowest BCUT2D eigenvalue weighted by Gasteiger charge is -2.36. The lowest BCUT2D eigenvalue weighted by molar-refractivity contribution is 0.697. The molecule has 1 nitrogen and oxygen atoms in total. The van der Waals surface area contributed by atoms with E-state index in [9.17, 15) is 0 Å². The molecular weight excluding hydrogens is 350 g/mol. The van der Waals surface area contributed by atoms with E-state index in [4.69, 9.17) is 0 Å². The first-order chi connectivity index (χ1) is 7.72. The Bertz CT molecular complexity index is 370. The SMILES string of the molecule is CC1CSCCN1c1cc(Br)ccc1CBr. The summed E-state index contributed by atoms with van der Waals surface area (Å²) in [5.74, 6) is 2.47. The van der Waals surface area contributed by atoms with Crippen molar-refractivity contribution >= 4 is 49.3 Å². The molecule has 1 unspecified atom stereocenters. The Morgan fingerprint density at radius 2 is 2.31 bits per heavy atom. The first kappa shape index (κ1) is 12.8. The van der Waals surface area contributed by atoms with Gasteiger partial charge in [-0.2, -0.15) is 11.8 Å². The van der Waals surface area contributed by atoms with Crippen LogP contribution in [-0.2, 0) is 5.33 Å². The molecule has 0 bridgehead atoms. The molecule has 1 atom stereocenters. The summed E-state index contributed by atoms with van der Waals surface area (Å²) in [4.78, 5) is 2.53. The number of hydrogen-bond donors (Lipinski definition) is 0. The molecule has 88 valence electrons. The molecule has 0 spiro atoms. The molecule has 16 heavy (non-hydrogen) atoms. The number of hydrogen-bond acceptors (Lipinski definition) is 2. The number of thioether (sulfide) groups is 1. The second-order valence-corrected chi connectivity index (χ2v) is 6.65. The Balaban J connectivity index is 2.33. The maximum atomic E-state index is 3.57. The molecule has 1 aliphatic heterocycles. The molecule has 2 rings (SSSR count). The zero-order valence-corrected chi connectivity index (χ0v) is 13.2. The minimum atomic E-state index is 0.630. The Kier molecular flexibility index (Phi) is 4.62. The Hall–Kier alpha value is 0.330. The van der Waals surface area contributed by atoms with Gasteiger partial charge in [-0.3, -0.25) is 0 Å². The number of benzene rings is 1. The molecule has 4 heteroatoms. The van der Waals surface area contributed by atoms with Gasteiger partial charge < -0.3 is 4.90 Å². The Morgan fingerprint density at radius 3 is 3.00 bits per heavy atom. The summed E-state index contributed by atoms with van der Waals surface area (Å²) in [6.45, 7) is 3.47. The van der Waals surface area contributed by atoms with E-state index in [1.807, 2.05) is 0 Å². The summed E-state index contributed by atoms with van der Waals surface area (Å²) < 4.78 is 1.16. The van der Waals surface area contributed by atoms with E-state index in [1.54, 1.807) is 0 Å². The van der Waals surface area contributed by atoms with Gasteiger partial charge in [-0.15, -0.1) is 0 Å². The van der Waals surface area contributed by atoms with E-state index >= 15 is 0 Å². The standard InChI is InChI=1S/C12H15Br2NS/c1-9-8-16-5-4-15(9)12-6-11(14)3-2-10(12)7-13/h2-3,6,9H,4-5,7-8H2,1H3. The average Bonchev–Trinajstić information content (AvgIpc) is 2.29. The lowest BCUT2D eigenvalue weighted by atomic mass is 10.1. The van der Waals surface area contributed by atoms with Crippen LogP contribution in [0.25, 0.3) is 0 Å². The number of rotatable bonds is 2. The van der Waals surface area contributed by atoms with Crippen LogP contribution in [0.5, 0.6) is 0 Å². The van der Waals surface area contributed by atoms with E-state index < -0.39 is 0 Å². The lowest BCUT2D eigenvalue weighted by Crippen LogP contribution is -2.40. The Labute approximate surface area is 118 Å². The monoisotopic (exact) mass is 363 g/mol. The number of halogens is 2. The second-order valence-electron chi connectivity index (χ2n) is 4.02. The molecule has 0 radical (unpaired) electrons. The van der Waals surface area contributed by atoms with Gasteiger partial charge in [0.05, 0.1) is 0 Å². The molecule has 1 aliphatic rings. The quantitative estimate of drug-likeness (QED) is 0.720. The minimum Gasteiger partial charge on any atom is -0.367 e. The van der Waals surface area contributed by atoms with Gasteiger partial charge in [0.2, 0.25) is 0 Å². The highest BCUT2D eigenvalue weighted by Crippen LogP contribution is 2.31. The first-order valence-electron chi connectivity index (χ1n) is 5.41. The number of nitrogens with zero attached hydrogens (tertiary/aromatic N) is 1. The largest absolute Gasteiger partial charge is 0.367 e. The van der Waals surface area contributed by atoms with Crippen molar-refractivity contribution in [1.82, 2.24) is 0 Å². The van der Waals surface area contributed by atoms with Gasteiger partial charge in [-0.05, 0) is 24.6 Å². The molecule has 1 heterocycles. The summed E-state index contributed by atoms with van der Waals surface area (Å²) in [6, 6.07) is 7.18. The first-order valence-corrected chi connectivity index (χ1v) is 8.48. The van der Waals surface area contributed by atoms with Crippen LogP contribution >= 0.6 is 43.6 Å². The number of alkyl halides is 1. The highest BCUT2D eigenvalue weighted by Gasteiger charge is 2.20. The smallest absolute Gasteiger partial charge is 0.0421 e. The van der Waals surface area contributed by atoms with Crippen LogP contribution in [-0.4, -0.2) is 24.1 Å². The summed E-state index contributed by atoms with van der Waals surface area (Å²) in [5, 5.41) is 0.923. The fourth-order valence-electron chi connectivity index (χ4n) is 2.00. The van der Waals surface area contributed by atoms with Crippen molar-refractivity contribution in [3.05, 3.63) is 28.2 Å². The maximum Gasteiger partial charge on any atom is 0.0421 e. The summed E-state index contributed by atoms with van der Waals surface area (Å²) in [5.41, 5.74) is 2.75. The highest BCUT2D eigenvalue weighted by atomic mass is 79.9. The topological polar surface area (TPSA) is 3.24 Å². The van der Waals surface area contributed by atoms with Gasteiger partial charge in [0.25, 0.3) is 0 Å². The maximum absolute atomic E-state index is 3.57. The summed E-state index contributed by atoms with van der Waals surface area (Å²) in [6.07, 6.45) is 0. The predicted octanol–water partition coefficient (Wildman–Crippen LogP) is 4.29. The van der Waals surface area contributed by atoms with Crippen LogP contribution in [0, 0.1) is 0 Å². The van der Waals surface area contributed by atoms with Crippen LogP contribution in [0.2, 0.25) is 0 Å². The van der Waals surface area contributed by atoms with Crippen LogP contribution in [0.1, 0.15) is 12.5 Å². The fraction of sp³-hybridized carbons (Fsp3) is 0.500. The van der Waals surface area contributed by atoms with Gasteiger partial charge in [0.15, 0.2) is 0 Å². The van der Waals surface area contributed by atoms with E-state index in [0.717, 1.165) is 16.3 Å². The van der Waals surface area contributed by atoms with E-state index in [1.165, 1.54) is 22.8 Å². The van der Waals surface area contributed by atoms with E-state index in [0.29, 0.717) is 6.04 Å². The molecule has 0 aromatic heterocycles. The van der Waals surface area contributed by atoms with Crippen LogP contribution in [0.4, 0.5) is 5.69 Å². The third kappa shape index (κ3) is 2.77. The van der Waals surface area contributed by atoms with E-state index in [-0.39, 0.29) is 0 Å². The van der Waals surface area contributed by atoms with Gasteiger partial charge in [0, 0.05) is 39.6 Å². The molecule has 0 aliphatic carbocycles.